The molecule has 1 aromatic heterocycles. The van der Waals surface area contributed by atoms with Gasteiger partial charge >= 0.3 is 0 Å². The lowest BCUT2D eigenvalue weighted by molar-refractivity contribution is 0.190. The van der Waals surface area contributed by atoms with Crippen LogP contribution in [0.4, 0.5) is 5.82 Å². The Balaban J connectivity index is 2.22. The highest BCUT2D eigenvalue weighted by Crippen LogP contribution is 2.23. The van der Waals surface area contributed by atoms with E-state index in [1.54, 1.807) is 16.4 Å². The van der Waals surface area contributed by atoms with Crippen LogP contribution in [0.1, 0.15) is 19.8 Å². The Labute approximate surface area is 127 Å². The predicted octanol–water partition coefficient (Wildman–Crippen LogP) is 1.23. The summed E-state index contributed by atoms with van der Waals surface area (Å²) in [5, 5.41) is 3.05. The molecule has 0 bridgehead atoms. The first-order chi connectivity index (χ1) is 9.95. The van der Waals surface area contributed by atoms with Gasteiger partial charge in [0.15, 0.2) is 0 Å². The van der Waals surface area contributed by atoms with Crippen LogP contribution in [0.2, 0.25) is 0 Å². The second-order valence-corrected chi connectivity index (χ2v) is 7.47. The summed E-state index contributed by atoms with van der Waals surface area (Å²) in [5.74, 6) is 0.597. The van der Waals surface area contributed by atoms with Gasteiger partial charge in [-0.1, -0.05) is 0 Å². The van der Waals surface area contributed by atoms with Crippen LogP contribution in [0.5, 0.6) is 0 Å². The van der Waals surface area contributed by atoms with Crippen LogP contribution < -0.4 is 5.32 Å². The van der Waals surface area contributed by atoms with Crippen LogP contribution in [0.15, 0.2) is 23.2 Å². The Morgan fingerprint density at radius 2 is 2.24 bits per heavy atom. The van der Waals surface area contributed by atoms with Crippen LogP contribution in [0, 0.1) is 0 Å². The largest absolute Gasteiger partial charge is 0.370 e. The highest BCUT2D eigenvalue weighted by Gasteiger charge is 2.31. The number of nitrogens with zero attached hydrogens (tertiary/aromatic N) is 3. The summed E-state index contributed by atoms with van der Waals surface area (Å²) in [6.07, 6.45) is 3.48. The van der Waals surface area contributed by atoms with Crippen molar-refractivity contribution in [3.63, 3.8) is 0 Å². The SMILES string of the molecule is CCNc1cc(S(=O)(=O)N2CCCC(N(C)C)C2)ccn1. The summed E-state index contributed by atoms with van der Waals surface area (Å²) in [6.45, 7) is 3.80. The normalized spacial score (nSPS) is 20.7. The van der Waals surface area contributed by atoms with Crippen molar-refractivity contribution in [1.82, 2.24) is 14.2 Å². The van der Waals surface area contributed by atoms with Gasteiger partial charge in [0.25, 0.3) is 0 Å². The number of hydrogen-bond donors (Lipinski definition) is 1. The van der Waals surface area contributed by atoms with Crippen LogP contribution in [0.25, 0.3) is 0 Å². The second-order valence-electron chi connectivity index (χ2n) is 5.53. The van der Waals surface area contributed by atoms with Gasteiger partial charge in [-0.05, 0) is 39.9 Å². The molecule has 2 heterocycles. The molecule has 1 aromatic rings. The number of anilines is 1. The summed E-state index contributed by atoms with van der Waals surface area (Å²) < 4.78 is 27.1. The molecule has 21 heavy (non-hydrogen) atoms. The molecule has 1 aliphatic rings. The Morgan fingerprint density at radius 3 is 2.90 bits per heavy atom. The minimum absolute atomic E-state index is 0.281. The number of rotatable bonds is 5. The van der Waals surface area contributed by atoms with E-state index in [0.29, 0.717) is 30.3 Å². The van der Waals surface area contributed by atoms with Crippen molar-refractivity contribution in [1.29, 1.82) is 0 Å². The smallest absolute Gasteiger partial charge is 0.243 e. The van der Waals surface area contributed by atoms with E-state index in [1.807, 2.05) is 21.0 Å². The average molecular weight is 312 g/mol. The molecule has 1 N–H and O–H groups in total. The molecule has 1 unspecified atom stereocenters. The molecule has 0 amide bonds. The van der Waals surface area contributed by atoms with E-state index < -0.39 is 10.0 Å². The molecule has 7 heteroatoms. The van der Waals surface area contributed by atoms with Gasteiger partial charge in [-0.3, -0.25) is 0 Å². The molecule has 1 atom stereocenters. The maximum Gasteiger partial charge on any atom is 0.243 e. The third-order valence-corrected chi connectivity index (χ3v) is 5.68. The minimum atomic E-state index is -3.44. The van der Waals surface area contributed by atoms with Crippen molar-refractivity contribution < 1.29 is 8.42 Å². The van der Waals surface area contributed by atoms with Crippen LogP contribution in [-0.2, 0) is 10.0 Å². The Bertz CT molecular complexity index is 574. The van der Waals surface area contributed by atoms with E-state index in [9.17, 15) is 8.42 Å². The molecule has 2 rings (SSSR count). The number of pyridine rings is 1. The maximum atomic E-state index is 12.8. The molecule has 118 valence electrons. The topological polar surface area (TPSA) is 65.5 Å². The minimum Gasteiger partial charge on any atom is -0.370 e. The van der Waals surface area contributed by atoms with E-state index in [1.165, 1.54) is 6.20 Å². The fourth-order valence-corrected chi connectivity index (χ4v) is 4.09. The van der Waals surface area contributed by atoms with Crippen molar-refractivity contribution in [2.75, 3.05) is 39.0 Å². The van der Waals surface area contributed by atoms with Crippen molar-refractivity contribution in [3.05, 3.63) is 18.3 Å². The molecule has 1 aliphatic heterocycles. The molecule has 0 saturated carbocycles. The Hall–Kier alpha value is -1.18. The van der Waals surface area contributed by atoms with E-state index in [2.05, 4.69) is 15.2 Å². The molecular formula is C14H24N4O2S. The van der Waals surface area contributed by atoms with E-state index in [-0.39, 0.29) is 6.04 Å². The second kappa shape index (κ2) is 6.72. The van der Waals surface area contributed by atoms with Crippen LogP contribution in [-0.4, -0.2) is 62.4 Å². The van der Waals surface area contributed by atoms with Gasteiger partial charge in [-0.25, -0.2) is 13.4 Å². The predicted molar refractivity (Wildman–Crippen MR) is 83.9 cm³/mol. The van der Waals surface area contributed by atoms with Gasteiger partial charge in [-0.2, -0.15) is 4.31 Å². The quantitative estimate of drug-likeness (QED) is 0.886. The maximum absolute atomic E-state index is 12.8. The summed E-state index contributed by atoms with van der Waals surface area (Å²) in [5.41, 5.74) is 0. The first kappa shape index (κ1) is 16.2. The van der Waals surface area contributed by atoms with E-state index in [0.717, 1.165) is 12.8 Å². The third kappa shape index (κ3) is 3.72. The van der Waals surface area contributed by atoms with Gasteiger partial charge in [0, 0.05) is 37.9 Å². The Morgan fingerprint density at radius 1 is 1.48 bits per heavy atom. The molecule has 6 nitrogen and oxygen atoms in total. The third-order valence-electron chi connectivity index (χ3n) is 3.82. The van der Waals surface area contributed by atoms with Crippen molar-refractivity contribution in [2.24, 2.45) is 0 Å². The number of hydrogen-bond acceptors (Lipinski definition) is 5. The van der Waals surface area contributed by atoms with Crippen molar-refractivity contribution in [3.8, 4) is 0 Å². The standard InChI is InChI=1S/C14H24N4O2S/c1-4-15-14-10-13(7-8-16-14)21(19,20)18-9-5-6-12(11-18)17(2)3/h7-8,10,12H,4-6,9,11H2,1-3H3,(H,15,16). The fourth-order valence-electron chi connectivity index (χ4n) is 2.56. The van der Waals surface area contributed by atoms with E-state index >= 15 is 0 Å². The highest BCUT2D eigenvalue weighted by atomic mass is 32.2. The number of sulfonamides is 1. The average Bonchev–Trinajstić information content (AvgIpc) is 2.48. The Kier molecular flexibility index (Phi) is 5.18. The lowest BCUT2D eigenvalue weighted by Crippen LogP contribution is -2.47. The van der Waals surface area contributed by atoms with E-state index in [4.69, 9.17) is 0 Å². The number of likely N-dealkylation sites (N-methyl/N-ethyl adjacent to an activating group) is 1. The van der Waals surface area contributed by atoms with Gasteiger partial charge in [0.1, 0.15) is 5.82 Å². The first-order valence-corrected chi connectivity index (χ1v) is 8.75. The first-order valence-electron chi connectivity index (χ1n) is 7.31. The van der Waals surface area contributed by atoms with Gasteiger partial charge in [0.05, 0.1) is 4.90 Å². The van der Waals surface area contributed by atoms with Gasteiger partial charge in [-0.15, -0.1) is 0 Å². The van der Waals surface area contributed by atoms with Gasteiger partial charge < -0.3 is 10.2 Å². The summed E-state index contributed by atoms with van der Waals surface area (Å²) >= 11 is 0. The zero-order valence-electron chi connectivity index (χ0n) is 12.9. The molecule has 1 saturated heterocycles. The summed E-state index contributed by atoms with van der Waals surface area (Å²) in [4.78, 5) is 6.54. The molecule has 0 radical (unpaired) electrons. The van der Waals surface area contributed by atoms with Crippen LogP contribution >= 0.6 is 0 Å². The monoisotopic (exact) mass is 312 g/mol. The summed E-state index contributed by atoms with van der Waals surface area (Å²) in [6, 6.07) is 3.46. The highest BCUT2D eigenvalue weighted by molar-refractivity contribution is 7.89. The lowest BCUT2D eigenvalue weighted by atomic mass is 10.1. The lowest BCUT2D eigenvalue weighted by Gasteiger charge is -2.35. The zero-order chi connectivity index (χ0) is 15.5. The molecule has 0 aromatic carbocycles. The van der Waals surface area contributed by atoms with Crippen molar-refractivity contribution in [2.45, 2.75) is 30.7 Å². The number of piperidine rings is 1. The summed E-state index contributed by atoms with van der Waals surface area (Å²) in [7, 11) is 0.550. The van der Waals surface area contributed by atoms with Crippen molar-refractivity contribution >= 4 is 15.8 Å². The molecule has 0 aliphatic carbocycles. The number of aromatic nitrogens is 1. The zero-order valence-corrected chi connectivity index (χ0v) is 13.7. The van der Waals surface area contributed by atoms with Crippen LogP contribution in [0.3, 0.4) is 0 Å². The molecular weight excluding hydrogens is 288 g/mol. The molecule has 0 spiro atoms. The van der Waals surface area contributed by atoms with Gasteiger partial charge in [0.2, 0.25) is 10.0 Å². The fraction of sp³-hybridized carbons (Fsp3) is 0.643. The molecule has 1 fully saturated rings. The number of nitrogens with one attached hydrogen (secondary N) is 1.